The van der Waals surface area contributed by atoms with Gasteiger partial charge in [-0.3, -0.25) is 4.57 Å². The summed E-state index contributed by atoms with van der Waals surface area (Å²) in [5.74, 6) is 1.12. The Hall–Kier alpha value is -0.110. The standard InChI is InChI=1S/C5H11O3P/c1-5(2)3-4-9(6,7)8/h3-5H,1-2H3,(H2,6,7,8)/b4-3-. The van der Waals surface area contributed by atoms with E-state index in [2.05, 4.69) is 0 Å². The molecule has 0 heterocycles. The Morgan fingerprint density at radius 1 is 1.44 bits per heavy atom. The molecule has 0 aromatic rings. The molecular weight excluding hydrogens is 139 g/mol. The predicted octanol–water partition coefficient (Wildman–Crippen LogP) is 1.33. The van der Waals surface area contributed by atoms with Crippen molar-refractivity contribution in [2.24, 2.45) is 5.92 Å². The smallest absolute Gasteiger partial charge is 0.321 e. The minimum atomic E-state index is -3.90. The average molecular weight is 150 g/mol. The number of hydrogen-bond donors (Lipinski definition) is 2. The Balaban J connectivity index is 3.87. The SMILES string of the molecule is CC(C)/C=C\P(=O)(O)O. The lowest BCUT2D eigenvalue weighted by atomic mass is 10.2. The van der Waals surface area contributed by atoms with E-state index in [9.17, 15) is 4.57 Å². The van der Waals surface area contributed by atoms with Crippen LogP contribution >= 0.6 is 7.60 Å². The molecule has 0 aromatic heterocycles. The van der Waals surface area contributed by atoms with Gasteiger partial charge in [0.1, 0.15) is 0 Å². The lowest BCUT2D eigenvalue weighted by Gasteiger charge is -1.95. The van der Waals surface area contributed by atoms with Gasteiger partial charge in [-0.25, -0.2) is 0 Å². The van der Waals surface area contributed by atoms with E-state index in [-0.39, 0.29) is 5.92 Å². The third kappa shape index (κ3) is 7.89. The van der Waals surface area contributed by atoms with Gasteiger partial charge in [-0.15, -0.1) is 0 Å². The second-order valence-corrected chi connectivity index (χ2v) is 3.65. The summed E-state index contributed by atoms with van der Waals surface area (Å²) in [4.78, 5) is 16.6. The van der Waals surface area contributed by atoms with Crippen LogP contribution in [0.25, 0.3) is 0 Å². The molecule has 9 heavy (non-hydrogen) atoms. The van der Waals surface area contributed by atoms with Crippen LogP contribution < -0.4 is 0 Å². The fraction of sp³-hybridized carbons (Fsp3) is 0.600. The normalized spacial score (nSPS) is 13.4. The molecule has 0 aliphatic rings. The van der Waals surface area contributed by atoms with E-state index in [1.807, 2.05) is 13.8 Å². The number of allylic oxidation sites excluding steroid dienone is 1. The quantitative estimate of drug-likeness (QED) is 0.584. The Labute approximate surface area is 54.6 Å². The maximum atomic E-state index is 10.1. The maximum Gasteiger partial charge on any atom is 0.348 e. The molecule has 0 unspecified atom stereocenters. The van der Waals surface area contributed by atoms with E-state index < -0.39 is 7.60 Å². The Morgan fingerprint density at radius 2 is 1.89 bits per heavy atom. The van der Waals surface area contributed by atoms with Gasteiger partial charge in [-0.05, 0) is 5.92 Å². The van der Waals surface area contributed by atoms with Crippen molar-refractivity contribution in [3.63, 3.8) is 0 Å². The summed E-state index contributed by atoms with van der Waals surface area (Å²) < 4.78 is 10.1. The van der Waals surface area contributed by atoms with Crippen LogP contribution in [0.3, 0.4) is 0 Å². The monoisotopic (exact) mass is 150 g/mol. The Morgan fingerprint density at radius 3 is 2.00 bits per heavy atom. The molecule has 3 nitrogen and oxygen atoms in total. The number of rotatable bonds is 2. The van der Waals surface area contributed by atoms with Gasteiger partial charge < -0.3 is 9.79 Å². The van der Waals surface area contributed by atoms with Crippen molar-refractivity contribution in [2.75, 3.05) is 0 Å². The van der Waals surface area contributed by atoms with Crippen LogP contribution in [0.1, 0.15) is 13.8 Å². The zero-order valence-corrected chi connectivity index (χ0v) is 6.38. The number of hydrogen-bond acceptors (Lipinski definition) is 1. The molecule has 0 fully saturated rings. The van der Waals surface area contributed by atoms with Crippen molar-refractivity contribution in [3.05, 3.63) is 11.9 Å². The summed E-state index contributed by atoms with van der Waals surface area (Å²) in [5, 5.41) is 0. The first-order chi connectivity index (χ1) is 3.92. The molecular formula is C5H11O3P. The molecule has 2 N–H and O–H groups in total. The van der Waals surface area contributed by atoms with Gasteiger partial charge >= 0.3 is 7.60 Å². The first kappa shape index (κ1) is 8.89. The predicted molar refractivity (Wildman–Crippen MR) is 36.0 cm³/mol. The van der Waals surface area contributed by atoms with Gasteiger partial charge in [0.15, 0.2) is 0 Å². The van der Waals surface area contributed by atoms with Crippen molar-refractivity contribution in [1.82, 2.24) is 0 Å². The third-order valence-corrected chi connectivity index (χ3v) is 1.23. The molecule has 0 spiro atoms. The van der Waals surface area contributed by atoms with Crippen molar-refractivity contribution in [3.8, 4) is 0 Å². The van der Waals surface area contributed by atoms with Crippen LogP contribution in [0.5, 0.6) is 0 Å². The Kier molecular flexibility index (Phi) is 3.12. The lowest BCUT2D eigenvalue weighted by Crippen LogP contribution is -1.77. The van der Waals surface area contributed by atoms with Gasteiger partial charge in [0.05, 0.1) is 0 Å². The highest BCUT2D eigenvalue weighted by atomic mass is 31.2. The third-order valence-electron chi connectivity index (χ3n) is 0.665. The van der Waals surface area contributed by atoms with Crippen LogP contribution in [0, 0.1) is 5.92 Å². The highest BCUT2D eigenvalue weighted by Crippen LogP contribution is 2.36. The fourth-order valence-electron chi connectivity index (χ4n) is 0.284. The van der Waals surface area contributed by atoms with Crippen LogP contribution in [-0.4, -0.2) is 9.79 Å². The van der Waals surface area contributed by atoms with E-state index in [1.54, 1.807) is 0 Å². The van der Waals surface area contributed by atoms with Crippen molar-refractivity contribution >= 4 is 7.60 Å². The topological polar surface area (TPSA) is 57.5 Å². The van der Waals surface area contributed by atoms with E-state index in [0.29, 0.717) is 0 Å². The summed E-state index contributed by atoms with van der Waals surface area (Å²) in [6.45, 7) is 3.71. The molecule has 0 atom stereocenters. The van der Waals surface area contributed by atoms with Crippen LogP contribution in [0.15, 0.2) is 11.9 Å². The van der Waals surface area contributed by atoms with Crippen molar-refractivity contribution in [2.45, 2.75) is 13.8 Å². The second kappa shape index (κ2) is 3.16. The fourth-order valence-corrected chi connectivity index (χ4v) is 0.853. The van der Waals surface area contributed by atoms with E-state index >= 15 is 0 Å². The summed E-state index contributed by atoms with van der Waals surface area (Å²) in [6.07, 6.45) is 1.49. The van der Waals surface area contributed by atoms with Gasteiger partial charge in [-0.1, -0.05) is 19.9 Å². The highest BCUT2D eigenvalue weighted by molar-refractivity contribution is 7.55. The zero-order chi connectivity index (χ0) is 7.49. The summed E-state index contributed by atoms with van der Waals surface area (Å²) in [6, 6.07) is 0. The molecule has 0 amide bonds. The van der Waals surface area contributed by atoms with Gasteiger partial charge in [-0.2, -0.15) is 0 Å². The van der Waals surface area contributed by atoms with Crippen LogP contribution in [0.2, 0.25) is 0 Å². The van der Waals surface area contributed by atoms with Crippen molar-refractivity contribution in [1.29, 1.82) is 0 Å². The minimum Gasteiger partial charge on any atom is -0.321 e. The first-order valence-electron chi connectivity index (χ1n) is 2.66. The van der Waals surface area contributed by atoms with E-state index in [1.165, 1.54) is 6.08 Å². The zero-order valence-electron chi connectivity index (χ0n) is 5.48. The molecule has 0 bridgehead atoms. The van der Waals surface area contributed by atoms with E-state index in [4.69, 9.17) is 9.79 Å². The van der Waals surface area contributed by atoms with Gasteiger partial charge in [0.2, 0.25) is 0 Å². The molecule has 0 radical (unpaired) electrons. The molecule has 0 saturated carbocycles. The molecule has 54 valence electrons. The second-order valence-electron chi connectivity index (χ2n) is 2.17. The molecule has 0 aliphatic carbocycles. The molecule has 0 rings (SSSR count). The summed E-state index contributed by atoms with van der Waals surface area (Å²) >= 11 is 0. The van der Waals surface area contributed by atoms with Crippen molar-refractivity contribution < 1.29 is 14.4 Å². The van der Waals surface area contributed by atoms with Gasteiger partial charge in [0.25, 0.3) is 0 Å². The average Bonchev–Trinajstić information content (AvgIpc) is 1.59. The highest BCUT2D eigenvalue weighted by Gasteiger charge is 2.04. The summed E-state index contributed by atoms with van der Waals surface area (Å²) in [7, 11) is -3.90. The van der Waals surface area contributed by atoms with Gasteiger partial charge in [0, 0.05) is 5.82 Å². The lowest BCUT2D eigenvalue weighted by molar-refractivity contribution is 0.386. The molecule has 0 aliphatic heterocycles. The maximum absolute atomic E-state index is 10.1. The van der Waals surface area contributed by atoms with Crippen LogP contribution in [-0.2, 0) is 4.57 Å². The molecule has 4 heteroatoms. The summed E-state index contributed by atoms with van der Waals surface area (Å²) in [5.41, 5.74) is 0. The Bertz CT molecular complexity index is 144. The first-order valence-corrected chi connectivity index (χ1v) is 4.34. The van der Waals surface area contributed by atoms with Crippen LogP contribution in [0.4, 0.5) is 0 Å². The largest absolute Gasteiger partial charge is 0.348 e. The van der Waals surface area contributed by atoms with E-state index in [0.717, 1.165) is 5.82 Å². The molecule has 0 saturated heterocycles. The minimum absolute atomic E-state index is 0.192. The molecule has 0 aromatic carbocycles.